The predicted molar refractivity (Wildman–Crippen MR) is 51.1 cm³/mol. The van der Waals surface area contributed by atoms with Crippen LogP contribution in [-0.2, 0) is 0 Å². The molecular formula is C10H7N3O. The predicted octanol–water partition coefficient (Wildman–Crippen LogP) is 1.80. The highest BCUT2D eigenvalue weighted by molar-refractivity contribution is 5.60. The lowest BCUT2D eigenvalue weighted by Crippen LogP contribution is -1.82. The molecule has 0 saturated carbocycles. The number of nitrogens with zero attached hydrogens (tertiary/aromatic N) is 2. The smallest absolute Gasteiger partial charge is 0.209 e. The van der Waals surface area contributed by atoms with Gasteiger partial charge in [-0.05, 0) is 12.1 Å². The Balaban J connectivity index is 2.50. The minimum atomic E-state index is 0.133. The largest absolute Gasteiger partial charge is 0.438 e. The van der Waals surface area contributed by atoms with Crippen molar-refractivity contribution in [2.45, 2.75) is 0 Å². The van der Waals surface area contributed by atoms with Crippen LogP contribution in [0.3, 0.4) is 0 Å². The van der Waals surface area contributed by atoms with Crippen molar-refractivity contribution < 1.29 is 4.42 Å². The van der Waals surface area contributed by atoms with Crippen LogP contribution in [0.25, 0.3) is 11.5 Å². The molecule has 68 valence electrons. The first-order valence-corrected chi connectivity index (χ1v) is 4.02. The third-order valence-electron chi connectivity index (χ3n) is 1.80. The van der Waals surface area contributed by atoms with E-state index in [2.05, 4.69) is 4.98 Å². The van der Waals surface area contributed by atoms with E-state index in [9.17, 15) is 0 Å². The van der Waals surface area contributed by atoms with Crippen LogP contribution in [-0.4, -0.2) is 4.98 Å². The van der Waals surface area contributed by atoms with Crippen molar-refractivity contribution in [3.05, 3.63) is 36.0 Å². The summed E-state index contributed by atoms with van der Waals surface area (Å²) in [6.45, 7) is 0. The SMILES string of the molecule is N#Cc1cc(-c2ccccn2)oc1N. The van der Waals surface area contributed by atoms with Gasteiger partial charge in [0.05, 0.1) is 0 Å². The second-order valence-corrected chi connectivity index (χ2v) is 2.72. The standard InChI is InChI=1S/C10H7N3O/c11-6-7-5-9(14-10(7)12)8-3-1-2-4-13-8/h1-5H,12H2. The molecule has 0 amide bonds. The van der Waals surface area contributed by atoms with Crippen LogP contribution in [0.5, 0.6) is 0 Å². The fourth-order valence-electron chi connectivity index (χ4n) is 1.13. The lowest BCUT2D eigenvalue weighted by molar-refractivity contribution is 0.600. The molecule has 0 atom stereocenters. The summed E-state index contributed by atoms with van der Waals surface area (Å²) < 4.78 is 5.18. The van der Waals surface area contributed by atoms with Crippen molar-refractivity contribution in [3.63, 3.8) is 0 Å². The number of anilines is 1. The molecule has 14 heavy (non-hydrogen) atoms. The number of aromatic nitrogens is 1. The number of hydrogen-bond donors (Lipinski definition) is 1. The van der Waals surface area contributed by atoms with Crippen LogP contribution in [0.1, 0.15) is 5.56 Å². The Labute approximate surface area is 80.6 Å². The second-order valence-electron chi connectivity index (χ2n) is 2.72. The van der Waals surface area contributed by atoms with Gasteiger partial charge in [-0.25, -0.2) is 0 Å². The average molecular weight is 185 g/mol. The van der Waals surface area contributed by atoms with Crippen molar-refractivity contribution in [1.82, 2.24) is 4.98 Å². The molecule has 2 N–H and O–H groups in total. The van der Waals surface area contributed by atoms with Crippen LogP contribution in [0, 0.1) is 11.3 Å². The van der Waals surface area contributed by atoms with Crippen LogP contribution < -0.4 is 5.73 Å². The zero-order chi connectivity index (χ0) is 9.97. The summed E-state index contributed by atoms with van der Waals surface area (Å²) >= 11 is 0. The number of rotatable bonds is 1. The Hall–Kier alpha value is -2.28. The fraction of sp³-hybridized carbons (Fsp3) is 0. The molecule has 4 heteroatoms. The first-order valence-electron chi connectivity index (χ1n) is 4.02. The summed E-state index contributed by atoms with van der Waals surface area (Å²) in [6, 6.07) is 8.96. The van der Waals surface area contributed by atoms with Gasteiger partial charge in [0.25, 0.3) is 0 Å². The lowest BCUT2D eigenvalue weighted by atomic mass is 10.2. The van der Waals surface area contributed by atoms with Crippen LogP contribution >= 0.6 is 0 Å². The van der Waals surface area contributed by atoms with E-state index in [0.717, 1.165) is 0 Å². The molecular weight excluding hydrogens is 178 g/mol. The van der Waals surface area contributed by atoms with E-state index in [1.54, 1.807) is 24.4 Å². The van der Waals surface area contributed by atoms with Gasteiger partial charge in [-0.3, -0.25) is 4.98 Å². The van der Waals surface area contributed by atoms with E-state index in [1.165, 1.54) is 0 Å². The maximum absolute atomic E-state index is 8.67. The van der Waals surface area contributed by atoms with Crippen LogP contribution in [0.4, 0.5) is 5.88 Å². The molecule has 0 unspecified atom stereocenters. The first kappa shape index (κ1) is 8.32. The Morgan fingerprint density at radius 2 is 2.29 bits per heavy atom. The average Bonchev–Trinajstić information content (AvgIpc) is 2.61. The first-order chi connectivity index (χ1) is 6.81. The molecule has 4 nitrogen and oxygen atoms in total. The molecule has 2 aromatic rings. The van der Waals surface area contributed by atoms with Gasteiger partial charge in [-0.2, -0.15) is 5.26 Å². The van der Waals surface area contributed by atoms with Crippen LogP contribution in [0.2, 0.25) is 0 Å². The number of nitriles is 1. The third-order valence-corrected chi connectivity index (χ3v) is 1.80. The van der Waals surface area contributed by atoms with E-state index in [4.69, 9.17) is 15.4 Å². The van der Waals surface area contributed by atoms with Gasteiger partial charge in [0.1, 0.15) is 17.3 Å². The summed E-state index contributed by atoms with van der Waals surface area (Å²) in [5.74, 6) is 0.646. The Bertz CT molecular complexity index is 482. The Kier molecular flexibility index (Phi) is 1.92. The zero-order valence-corrected chi connectivity index (χ0v) is 7.27. The highest BCUT2D eigenvalue weighted by Gasteiger charge is 2.09. The molecule has 0 radical (unpaired) electrons. The quantitative estimate of drug-likeness (QED) is 0.734. The summed E-state index contributed by atoms with van der Waals surface area (Å²) in [7, 11) is 0. The summed E-state index contributed by atoms with van der Waals surface area (Å²) in [6.07, 6.45) is 1.65. The zero-order valence-electron chi connectivity index (χ0n) is 7.27. The lowest BCUT2D eigenvalue weighted by Gasteiger charge is -1.92. The molecule has 0 saturated heterocycles. The topological polar surface area (TPSA) is 75.8 Å². The third kappa shape index (κ3) is 1.31. The van der Waals surface area contributed by atoms with Crippen molar-refractivity contribution in [3.8, 4) is 17.5 Å². The van der Waals surface area contributed by atoms with Crippen molar-refractivity contribution in [2.24, 2.45) is 0 Å². The molecule has 0 aliphatic carbocycles. The van der Waals surface area contributed by atoms with Crippen molar-refractivity contribution >= 4 is 5.88 Å². The van der Waals surface area contributed by atoms with E-state index >= 15 is 0 Å². The Morgan fingerprint density at radius 1 is 1.43 bits per heavy atom. The fourth-order valence-corrected chi connectivity index (χ4v) is 1.13. The van der Waals surface area contributed by atoms with E-state index in [0.29, 0.717) is 17.0 Å². The molecule has 0 spiro atoms. The van der Waals surface area contributed by atoms with Crippen LogP contribution in [0.15, 0.2) is 34.9 Å². The molecule has 0 aliphatic heterocycles. The van der Waals surface area contributed by atoms with E-state index in [-0.39, 0.29) is 5.88 Å². The van der Waals surface area contributed by atoms with Gasteiger partial charge >= 0.3 is 0 Å². The van der Waals surface area contributed by atoms with Crippen molar-refractivity contribution in [2.75, 3.05) is 5.73 Å². The molecule has 0 bridgehead atoms. The number of furan rings is 1. The van der Waals surface area contributed by atoms with Gasteiger partial charge in [0.15, 0.2) is 5.76 Å². The molecule has 2 heterocycles. The molecule has 0 fully saturated rings. The van der Waals surface area contributed by atoms with Crippen molar-refractivity contribution in [1.29, 1.82) is 5.26 Å². The summed E-state index contributed by atoms with van der Waals surface area (Å²) in [4.78, 5) is 4.08. The summed E-state index contributed by atoms with van der Waals surface area (Å²) in [5.41, 5.74) is 6.48. The maximum atomic E-state index is 8.67. The second kappa shape index (κ2) is 3.23. The minimum Gasteiger partial charge on any atom is -0.438 e. The minimum absolute atomic E-state index is 0.133. The van der Waals surface area contributed by atoms with Gasteiger partial charge in [0.2, 0.25) is 5.88 Å². The number of pyridine rings is 1. The molecule has 2 rings (SSSR count). The van der Waals surface area contributed by atoms with E-state index in [1.807, 2.05) is 12.1 Å². The number of nitrogen functional groups attached to an aromatic ring is 1. The van der Waals surface area contributed by atoms with Gasteiger partial charge in [-0.1, -0.05) is 6.07 Å². The Morgan fingerprint density at radius 3 is 2.86 bits per heavy atom. The highest BCUT2D eigenvalue weighted by atomic mass is 16.4. The van der Waals surface area contributed by atoms with E-state index < -0.39 is 0 Å². The summed E-state index contributed by atoms with van der Waals surface area (Å²) in [5, 5.41) is 8.67. The van der Waals surface area contributed by atoms with Gasteiger partial charge in [-0.15, -0.1) is 0 Å². The maximum Gasteiger partial charge on any atom is 0.209 e. The number of hydrogen-bond acceptors (Lipinski definition) is 4. The highest BCUT2D eigenvalue weighted by Crippen LogP contribution is 2.24. The molecule has 0 aliphatic rings. The van der Waals surface area contributed by atoms with Gasteiger partial charge < -0.3 is 10.2 Å². The van der Waals surface area contributed by atoms with Gasteiger partial charge in [0, 0.05) is 12.3 Å². The monoisotopic (exact) mass is 185 g/mol. The molecule has 0 aromatic carbocycles. The normalized spacial score (nSPS) is 9.64. The molecule has 2 aromatic heterocycles. The number of nitrogens with two attached hydrogens (primary N) is 1.